The molecule has 0 saturated heterocycles. The highest BCUT2D eigenvalue weighted by Gasteiger charge is 2.32. The molecule has 3 aromatic carbocycles. The van der Waals surface area contributed by atoms with Crippen LogP contribution in [0, 0.1) is 10.1 Å². The average molecular weight is 443 g/mol. The van der Waals surface area contributed by atoms with E-state index < -0.39 is 4.92 Å². The molecule has 1 atom stereocenters. The Bertz CT molecular complexity index is 1320. The third-order valence-corrected chi connectivity index (χ3v) is 6.18. The normalized spacial score (nSPS) is 15.6. The number of hydrogen-bond acceptors (Lipinski definition) is 7. The molecule has 4 aromatic rings. The molecule has 1 aromatic heterocycles. The van der Waals surface area contributed by atoms with Gasteiger partial charge >= 0.3 is 0 Å². The fourth-order valence-corrected chi connectivity index (χ4v) is 4.62. The first-order valence-electron chi connectivity index (χ1n) is 10.0. The van der Waals surface area contributed by atoms with E-state index in [1.807, 2.05) is 40.7 Å². The quantitative estimate of drug-likeness (QED) is 0.312. The van der Waals surface area contributed by atoms with Gasteiger partial charge in [0.1, 0.15) is 5.75 Å². The van der Waals surface area contributed by atoms with Crippen molar-refractivity contribution in [2.75, 3.05) is 5.01 Å². The molecule has 2 heterocycles. The summed E-state index contributed by atoms with van der Waals surface area (Å²) in [5, 5.41) is 30.8. The predicted octanol–water partition coefficient (Wildman–Crippen LogP) is 5.78. The SMILES string of the molecule is O=[N+]([O-])c1cccc(-c2csc(N3N=C(c4ccccc4O)C[C@@H]3c3ccccc3)n2)c1. The minimum Gasteiger partial charge on any atom is -0.507 e. The molecule has 0 unspecified atom stereocenters. The van der Waals surface area contributed by atoms with Crippen LogP contribution in [0.1, 0.15) is 23.6 Å². The lowest BCUT2D eigenvalue weighted by Crippen LogP contribution is -2.18. The Labute approximate surface area is 188 Å². The number of nitrogens with zero attached hydrogens (tertiary/aromatic N) is 4. The molecule has 5 rings (SSSR count). The van der Waals surface area contributed by atoms with Crippen molar-refractivity contribution in [3.05, 3.63) is 105 Å². The van der Waals surface area contributed by atoms with Gasteiger partial charge in [-0.05, 0) is 17.7 Å². The summed E-state index contributed by atoms with van der Waals surface area (Å²) in [5.41, 5.74) is 3.94. The smallest absolute Gasteiger partial charge is 0.270 e. The first-order chi connectivity index (χ1) is 15.6. The molecule has 1 N–H and O–H groups in total. The van der Waals surface area contributed by atoms with Gasteiger partial charge in [-0.15, -0.1) is 11.3 Å². The number of benzene rings is 3. The molecule has 0 aliphatic carbocycles. The molecule has 0 bridgehead atoms. The number of phenolic OH excluding ortho intramolecular Hbond substituents is 1. The highest BCUT2D eigenvalue weighted by Crippen LogP contribution is 2.40. The van der Waals surface area contributed by atoms with E-state index in [0.717, 1.165) is 11.3 Å². The highest BCUT2D eigenvalue weighted by molar-refractivity contribution is 7.14. The second-order valence-corrected chi connectivity index (χ2v) is 8.20. The van der Waals surface area contributed by atoms with Gasteiger partial charge in [0.2, 0.25) is 5.13 Å². The van der Waals surface area contributed by atoms with Crippen LogP contribution in [0.3, 0.4) is 0 Å². The molecule has 1 aliphatic heterocycles. The van der Waals surface area contributed by atoms with Gasteiger partial charge in [-0.25, -0.2) is 9.99 Å². The monoisotopic (exact) mass is 442 g/mol. The predicted molar refractivity (Wildman–Crippen MR) is 125 cm³/mol. The maximum Gasteiger partial charge on any atom is 0.270 e. The average Bonchev–Trinajstić information content (AvgIpc) is 3.48. The van der Waals surface area contributed by atoms with E-state index in [1.165, 1.54) is 23.5 Å². The first-order valence-corrected chi connectivity index (χ1v) is 10.9. The van der Waals surface area contributed by atoms with Gasteiger partial charge in [0.15, 0.2) is 0 Å². The Hall–Kier alpha value is -4.04. The third-order valence-electron chi connectivity index (χ3n) is 5.35. The number of rotatable bonds is 5. The van der Waals surface area contributed by atoms with Gasteiger partial charge < -0.3 is 5.11 Å². The van der Waals surface area contributed by atoms with Gasteiger partial charge in [-0.3, -0.25) is 10.1 Å². The summed E-state index contributed by atoms with van der Waals surface area (Å²) < 4.78 is 0. The van der Waals surface area contributed by atoms with Gasteiger partial charge in [-0.1, -0.05) is 54.6 Å². The summed E-state index contributed by atoms with van der Waals surface area (Å²) in [6.07, 6.45) is 0.618. The Balaban J connectivity index is 1.54. The zero-order valence-corrected chi connectivity index (χ0v) is 17.6. The Morgan fingerprint density at radius 2 is 1.81 bits per heavy atom. The Kier molecular flexibility index (Phi) is 5.12. The number of aromatic nitrogens is 1. The molecule has 0 fully saturated rings. The fraction of sp³-hybridized carbons (Fsp3) is 0.0833. The standard InChI is InChI=1S/C24H18N4O3S/c29-23-12-5-4-11-19(23)20-14-22(16-7-2-1-3-8-16)27(26-20)24-25-21(15-32-24)17-9-6-10-18(13-17)28(30)31/h1-13,15,22,29H,14H2/t22-/m1/s1. The van der Waals surface area contributed by atoms with Crippen molar-refractivity contribution in [3.63, 3.8) is 0 Å². The van der Waals surface area contributed by atoms with Crippen LogP contribution in [0.4, 0.5) is 10.8 Å². The molecule has 0 radical (unpaired) electrons. The van der Waals surface area contributed by atoms with Crippen molar-refractivity contribution in [1.29, 1.82) is 0 Å². The lowest BCUT2D eigenvalue weighted by atomic mass is 9.98. The molecule has 0 saturated carbocycles. The molecular weight excluding hydrogens is 424 g/mol. The van der Waals surface area contributed by atoms with E-state index >= 15 is 0 Å². The van der Waals surface area contributed by atoms with Crippen LogP contribution in [0.2, 0.25) is 0 Å². The summed E-state index contributed by atoms with van der Waals surface area (Å²) in [5.74, 6) is 0.191. The van der Waals surface area contributed by atoms with Crippen molar-refractivity contribution in [3.8, 4) is 17.0 Å². The number of thiazole rings is 1. The summed E-state index contributed by atoms with van der Waals surface area (Å²) in [6.45, 7) is 0. The van der Waals surface area contributed by atoms with Crippen LogP contribution in [-0.4, -0.2) is 20.7 Å². The molecular formula is C24H18N4O3S. The molecule has 1 aliphatic rings. The summed E-state index contributed by atoms with van der Waals surface area (Å²) in [7, 11) is 0. The van der Waals surface area contributed by atoms with Crippen molar-refractivity contribution >= 4 is 27.9 Å². The van der Waals surface area contributed by atoms with Crippen LogP contribution in [0.15, 0.2) is 89.3 Å². The van der Waals surface area contributed by atoms with E-state index in [0.29, 0.717) is 28.4 Å². The van der Waals surface area contributed by atoms with Crippen LogP contribution < -0.4 is 5.01 Å². The number of non-ortho nitro benzene ring substituents is 1. The molecule has 32 heavy (non-hydrogen) atoms. The second-order valence-electron chi connectivity index (χ2n) is 7.36. The summed E-state index contributed by atoms with van der Waals surface area (Å²) in [4.78, 5) is 15.5. The van der Waals surface area contributed by atoms with Gasteiger partial charge in [-0.2, -0.15) is 5.10 Å². The number of nitro groups is 1. The van der Waals surface area contributed by atoms with E-state index in [9.17, 15) is 15.2 Å². The number of aromatic hydroxyl groups is 1. The Morgan fingerprint density at radius 1 is 1.03 bits per heavy atom. The number of hydrogen-bond donors (Lipinski definition) is 1. The van der Waals surface area contributed by atoms with Gasteiger partial charge in [0.05, 0.1) is 22.4 Å². The van der Waals surface area contributed by atoms with Gasteiger partial charge in [0, 0.05) is 35.1 Å². The molecule has 158 valence electrons. The second kappa shape index (κ2) is 8.24. The van der Waals surface area contributed by atoms with Gasteiger partial charge in [0.25, 0.3) is 5.69 Å². The highest BCUT2D eigenvalue weighted by atomic mass is 32.1. The number of nitro benzene ring substituents is 1. The van der Waals surface area contributed by atoms with E-state index in [1.54, 1.807) is 24.3 Å². The molecule has 8 heteroatoms. The molecule has 0 spiro atoms. The fourth-order valence-electron chi connectivity index (χ4n) is 3.78. The molecule has 7 nitrogen and oxygen atoms in total. The minimum absolute atomic E-state index is 0.0280. The minimum atomic E-state index is -0.411. The topological polar surface area (TPSA) is 91.9 Å². The number of anilines is 1. The number of para-hydroxylation sites is 1. The number of phenols is 1. The number of hydrazone groups is 1. The van der Waals surface area contributed by atoms with Crippen LogP contribution in [0.25, 0.3) is 11.3 Å². The van der Waals surface area contributed by atoms with Crippen molar-refractivity contribution in [2.24, 2.45) is 5.10 Å². The van der Waals surface area contributed by atoms with Crippen LogP contribution in [0.5, 0.6) is 5.75 Å². The maximum atomic E-state index is 11.1. The first kappa shape index (κ1) is 19.9. The van der Waals surface area contributed by atoms with Crippen LogP contribution >= 0.6 is 11.3 Å². The largest absolute Gasteiger partial charge is 0.507 e. The van der Waals surface area contributed by atoms with Crippen molar-refractivity contribution in [2.45, 2.75) is 12.5 Å². The third kappa shape index (κ3) is 3.72. The summed E-state index contributed by atoms with van der Waals surface area (Å²) >= 11 is 1.43. The van der Waals surface area contributed by atoms with E-state index in [-0.39, 0.29) is 17.5 Å². The zero-order valence-electron chi connectivity index (χ0n) is 16.8. The lowest BCUT2D eigenvalue weighted by molar-refractivity contribution is -0.384. The van der Waals surface area contributed by atoms with Crippen molar-refractivity contribution < 1.29 is 10.0 Å². The molecule has 0 amide bonds. The maximum absolute atomic E-state index is 11.1. The van der Waals surface area contributed by atoms with E-state index in [4.69, 9.17) is 10.1 Å². The zero-order chi connectivity index (χ0) is 22.1. The lowest BCUT2D eigenvalue weighted by Gasteiger charge is -2.21. The Morgan fingerprint density at radius 3 is 2.59 bits per heavy atom. The van der Waals surface area contributed by atoms with E-state index in [2.05, 4.69) is 12.1 Å². The van der Waals surface area contributed by atoms with Crippen LogP contribution in [-0.2, 0) is 0 Å². The van der Waals surface area contributed by atoms with Crippen molar-refractivity contribution in [1.82, 2.24) is 4.98 Å². The summed E-state index contributed by atoms with van der Waals surface area (Å²) in [6, 6.07) is 23.6.